The van der Waals surface area contributed by atoms with Crippen molar-refractivity contribution in [2.45, 2.75) is 17.1 Å². The molecule has 0 saturated carbocycles. The predicted molar refractivity (Wildman–Crippen MR) is 181 cm³/mol. The van der Waals surface area contributed by atoms with Gasteiger partial charge < -0.3 is 30.2 Å². The van der Waals surface area contributed by atoms with Crippen LogP contribution in [0, 0.1) is 0 Å². The van der Waals surface area contributed by atoms with Gasteiger partial charge in [-0.3, -0.25) is 14.4 Å². The lowest BCUT2D eigenvalue weighted by Gasteiger charge is -2.15. The third-order valence-electron chi connectivity index (χ3n) is 6.45. The van der Waals surface area contributed by atoms with Gasteiger partial charge in [-0.25, -0.2) is 0 Å². The molecule has 0 spiro atoms. The molecule has 4 aromatic carbocycles. The maximum atomic E-state index is 13.7. The van der Waals surface area contributed by atoms with E-state index in [0.717, 1.165) is 9.37 Å². The lowest BCUT2D eigenvalue weighted by molar-refractivity contribution is -0.115. The van der Waals surface area contributed by atoms with Crippen LogP contribution < -0.4 is 30.2 Å². The number of carbonyl (C=O) groups excluding carboxylic acids is 3. The van der Waals surface area contributed by atoms with Crippen LogP contribution in [-0.2, 0) is 9.59 Å². The summed E-state index contributed by atoms with van der Waals surface area (Å²) >= 11 is 4.73. The van der Waals surface area contributed by atoms with E-state index in [0.29, 0.717) is 39.8 Å². The highest BCUT2D eigenvalue weighted by Gasteiger charge is 2.19. The van der Waals surface area contributed by atoms with Gasteiger partial charge in [0.15, 0.2) is 11.5 Å². The first-order chi connectivity index (χ1) is 21.7. The van der Waals surface area contributed by atoms with Gasteiger partial charge >= 0.3 is 0 Å². The van der Waals surface area contributed by atoms with Gasteiger partial charge in [-0.15, -0.1) is 11.8 Å². The topological polar surface area (TPSA) is 115 Å². The van der Waals surface area contributed by atoms with Gasteiger partial charge in [0.25, 0.3) is 11.8 Å². The minimum Gasteiger partial charge on any atom is -0.496 e. The average molecular weight is 691 g/mol. The van der Waals surface area contributed by atoms with Crippen LogP contribution in [0.4, 0.5) is 11.4 Å². The summed E-state index contributed by atoms with van der Waals surface area (Å²) in [6.45, 7) is 1.81. The predicted octanol–water partition coefficient (Wildman–Crippen LogP) is 7.00. The highest BCUT2D eigenvalue weighted by molar-refractivity contribution is 9.10. The van der Waals surface area contributed by atoms with Crippen LogP contribution >= 0.6 is 27.7 Å². The van der Waals surface area contributed by atoms with Crippen molar-refractivity contribution in [2.75, 3.05) is 32.0 Å². The first kappa shape index (κ1) is 33.2. The van der Waals surface area contributed by atoms with Crippen LogP contribution in [0.5, 0.6) is 17.2 Å². The Hall–Kier alpha value is -4.74. The Morgan fingerprint density at radius 2 is 1.42 bits per heavy atom. The Balaban J connectivity index is 1.57. The Morgan fingerprint density at radius 3 is 2.09 bits per heavy atom. The van der Waals surface area contributed by atoms with Crippen molar-refractivity contribution in [1.29, 1.82) is 0 Å². The second-order valence-corrected chi connectivity index (χ2v) is 11.9. The molecule has 0 fully saturated rings. The maximum absolute atomic E-state index is 13.7. The van der Waals surface area contributed by atoms with Crippen LogP contribution in [-0.4, -0.2) is 44.3 Å². The number of ether oxygens (including phenoxy) is 3. The Labute approximate surface area is 274 Å². The lowest BCUT2D eigenvalue weighted by atomic mass is 10.1. The number of amides is 3. The van der Waals surface area contributed by atoms with Crippen molar-refractivity contribution in [2.24, 2.45) is 0 Å². The van der Waals surface area contributed by atoms with Gasteiger partial charge in [0.2, 0.25) is 5.91 Å². The van der Waals surface area contributed by atoms with Gasteiger partial charge in [0.1, 0.15) is 11.4 Å². The molecule has 11 heteroatoms. The third kappa shape index (κ3) is 9.13. The molecule has 45 heavy (non-hydrogen) atoms. The van der Waals surface area contributed by atoms with E-state index in [1.54, 1.807) is 67.6 Å². The van der Waals surface area contributed by atoms with E-state index in [2.05, 4.69) is 31.9 Å². The summed E-state index contributed by atoms with van der Waals surface area (Å²) < 4.78 is 17.3. The highest BCUT2D eigenvalue weighted by Crippen LogP contribution is 2.36. The Bertz CT molecular complexity index is 1700. The SMILES string of the molecule is COc1cc(OC)c(OC)cc1/C=C(/NC(=O)c1ccccc1)C(=O)Nc1cccc(SC(C)C(=O)Nc2ccc(Br)cc2)c1. The van der Waals surface area contributed by atoms with E-state index in [4.69, 9.17) is 14.2 Å². The molecular weight excluding hydrogens is 658 g/mol. The number of rotatable bonds is 12. The van der Waals surface area contributed by atoms with Crippen LogP contribution in [0.1, 0.15) is 22.8 Å². The number of nitrogens with one attached hydrogen (secondary N) is 3. The Kier molecular flexibility index (Phi) is 11.7. The van der Waals surface area contributed by atoms with Crippen molar-refractivity contribution in [1.82, 2.24) is 5.32 Å². The van der Waals surface area contributed by atoms with E-state index in [9.17, 15) is 14.4 Å². The molecule has 4 rings (SSSR count). The molecule has 1 unspecified atom stereocenters. The minimum atomic E-state index is -0.570. The zero-order valence-corrected chi connectivity index (χ0v) is 27.5. The van der Waals surface area contributed by atoms with Crippen molar-refractivity contribution in [3.8, 4) is 17.2 Å². The first-order valence-corrected chi connectivity index (χ1v) is 15.4. The molecule has 9 nitrogen and oxygen atoms in total. The van der Waals surface area contributed by atoms with Crippen LogP contribution in [0.25, 0.3) is 6.08 Å². The first-order valence-electron chi connectivity index (χ1n) is 13.7. The molecule has 0 aliphatic rings. The van der Waals surface area contributed by atoms with Gasteiger partial charge in [-0.1, -0.05) is 40.2 Å². The van der Waals surface area contributed by atoms with Crippen molar-refractivity contribution in [3.05, 3.63) is 112 Å². The van der Waals surface area contributed by atoms with Gasteiger partial charge in [-0.2, -0.15) is 0 Å². The Morgan fingerprint density at radius 1 is 0.756 bits per heavy atom. The number of benzene rings is 4. The number of thioether (sulfide) groups is 1. The molecule has 4 aromatic rings. The fraction of sp³-hybridized carbons (Fsp3) is 0.147. The fourth-order valence-corrected chi connectivity index (χ4v) is 5.33. The van der Waals surface area contributed by atoms with Crippen molar-refractivity contribution >= 4 is 62.9 Å². The van der Waals surface area contributed by atoms with E-state index in [1.165, 1.54) is 39.2 Å². The number of carbonyl (C=O) groups is 3. The second kappa shape index (κ2) is 15.8. The lowest BCUT2D eigenvalue weighted by Crippen LogP contribution is -2.30. The summed E-state index contributed by atoms with van der Waals surface area (Å²) in [4.78, 5) is 40.3. The summed E-state index contributed by atoms with van der Waals surface area (Å²) in [5.74, 6) is 0.0717. The zero-order valence-electron chi connectivity index (χ0n) is 25.1. The van der Waals surface area contributed by atoms with Crippen LogP contribution in [0.2, 0.25) is 0 Å². The molecule has 0 aliphatic heterocycles. The van der Waals surface area contributed by atoms with Gasteiger partial charge in [0.05, 0.1) is 26.6 Å². The second-order valence-electron chi connectivity index (χ2n) is 9.57. The maximum Gasteiger partial charge on any atom is 0.272 e. The van der Waals surface area contributed by atoms with Gasteiger partial charge in [0, 0.05) is 37.9 Å². The molecule has 0 heterocycles. The molecule has 0 bridgehead atoms. The molecule has 0 aromatic heterocycles. The summed E-state index contributed by atoms with van der Waals surface area (Å²) in [6, 6.07) is 26.3. The summed E-state index contributed by atoms with van der Waals surface area (Å²) in [5.41, 5.74) is 1.99. The molecule has 1 atom stereocenters. The summed E-state index contributed by atoms with van der Waals surface area (Å²) in [5, 5.41) is 8.07. The standard InChI is InChI=1S/C34H32BrN3O6S/c1-21(32(39)36-25-15-13-24(35)14-16-25)45-27-12-8-11-26(19-27)37-34(41)28(38-33(40)22-9-6-5-7-10-22)17-23-18-30(43-3)31(44-4)20-29(23)42-2/h5-21H,1-4H3,(H,36,39)(H,37,41)(H,38,40)/b28-17+. The van der Waals surface area contributed by atoms with Crippen LogP contribution in [0.15, 0.2) is 106 Å². The fourth-order valence-electron chi connectivity index (χ4n) is 4.14. The monoisotopic (exact) mass is 689 g/mol. The third-order valence-corrected chi connectivity index (χ3v) is 8.07. The quantitative estimate of drug-likeness (QED) is 0.108. The number of anilines is 2. The van der Waals surface area contributed by atoms with Gasteiger partial charge in [-0.05, 0) is 73.7 Å². The molecule has 0 aliphatic carbocycles. The smallest absolute Gasteiger partial charge is 0.272 e. The largest absolute Gasteiger partial charge is 0.496 e. The number of hydrogen-bond acceptors (Lipinski definition) is 7. The molecule has 0 radical (unpaired) electrons. The van der Waals surface area contributed by atoms with Crippen LogP contribution in [0.3, 0.4) is 0 Å². The van der Waals surface area contributed by atoms with Crippen molar-refractivity contribution < 1.29 is 28.6 Å². The average Bonchev–Trinajstić information content (AvgIpc) is 3.05. The highest BCUT2D eigenvalue weighted by atomic mass is 79.9. The zero-order chi connectivity index (χ0) is 32.3. The molecular formula is C34H32BrN3O6S. The van der Waals surface area contributed by atoms with E-state index in [1.807, 2.05) is 30.3 Å². The summed E-state index contributed by atoms with van der Waals surface area (Å²) in [6.07, 6.45) is 1.50. The normalized spacial score (nSPS) is 11.6. The number of halogens is 1. The van der Waals surface area contributed by atoms with E-state index in [-0.39, 0.29) is 11.6 Å². The van der Waals surface area contributed by atoms with E-state index < -0.39 is 17.1 Å². The molecule has 0 saturated heterocycles. The van der Waals surface area contributed by atoms with Crippen molar-refractivity contribution in [3.63, 3.8) is 0 Å². The number of methoxy groups -OCH3 is 3. The number of hydrogen-bond donors (Lipinski definition) is 3. The molecule has 232 valence electrons. The van der Waals surface area contributed by atoms with E-state index >= 15 is 0 Å². The minimum absolute atomic E-state index is 0.0327. The molecule has 3 N–H and O–H groups in total. The summed E-state index contributed by atoms with van der Waals surface area (Å²) in [7, 11) is 4.50. The molecule has 3 amide bonds.